The first-order valence-electron chi connectivity index (χ1n) is 9.47. The van der Waals surface area contributed by atoms with Crippen molar-refractivity contribution in [1.82, 2.24) is 4.57 Å². The van der Waals surface area contributed by atoms with Crippen LogP contribution in [0.4, 0.5) is 0 Å². The highest BCUT2D eigenvalue weighted by Gasteiger charge is 2.11. The number of hydrogen-bond acceptors (Lipinski definition) is 1. The number of ether oxygens (including phenoxy) is 1. The van der Waals surface area contributed by atoms with Crippen LogP contribution in [0.1, 0.15) is 31.7 Å². The summed E-state index contributed by atoms with van der Waals surface area (Å²) in [5.74, 6) is 1.53. The van der Waals surface area contributed by atoms with Gasteiger partial charge in [0.1, 0.15) is 12.4 Å². The first-order valence-corrected chi connectivity index (χ1v) is 9.47. The van der Waals surface area contributed by atoms with E-state index in [1.54, 1.807) is 0 Å². The van der Waals surface area contributed by atoms with E-state index in [2.05, 4.69) is 91.2 Å². The van der Waals surface area contributed by atoms with Gasteiger partial charge < -0.3 is 9.30 Å². The summed E-state index contributed by atoms with van der Waals surface area (Å²) in [4.78, 5) is 0. The molecule has 0 aliphatic rings. The molecule has 0 saturated carbocycles. The second-order valence-electron chi connectivity index (χ2n) is 6.88. The van der Waals surface area contributed by atoms with Crippen LogP contribution in [-0.2, 0) is 6.54 Å². The Labute approximate surface area is 155 Å². The zero-order chi connectivity index (χ0) is 17.9. The Morgan fingerprint density at radius 1 is 0.808 bits per heavy atom. The highest BCUT2D eigenvalue weighted by molar-refractivity contribution is 6.07. The van der Waals surface area contributed by atoms with Gasteiger partial charge >= 0.3 is 0 Å². The summed E-state index contributed by atoms with van der Waals surface area (Å²) in [6.07, 6.45) is 1.12. The maximum Gasteiger partial charge on any atom is 0.122 e. The molecular formula is C24H25NO. The second-order valence-corrected chi connectivity index (χ2v) is 6.88. The lowest BCUT2D eigenvalue weighted by Crippen LogP contribution is -2.09. The first-order chi connectivity index (χ1) is 12.8. The van der Waals surface area contributed by atoms with Crippen molar-refractivity contribution in [3.8, 4) is 5.75 Å². The molecule has 0 amide bonds. The summed E-state index contributed by atoms with van der Waals surface area (Å²) in [7, 11) is 0. The minimum Gasteiger partial charge on any atom is -0.491 e. The Kier molecular flexibility index (Phi) is 4.66. The Hall–Kier alpha value is -2.74. The van der Waals surface area contributed by atoms with Gasteiger partial charge in [0.25, 0.3) is 0 Å². The maximum absolute atomic E-state index is 6.21. The number of aromatic nitrogens is 1. The van der Waals surface area contributed by atoms with Crippen LogP contribution in [0.3, 0.4) is 0 Å². The van der Waals surface area contributed by atoms with Gasteiger partial charge in [-0.3, -0.25) is 0 Å². The smallest absolute Gasteiger partial charge is 0.122 e. The Bertz CT molecular complexity index is 977. The first kappa shape index (κ1) is 16.7. The van der Waals surface area contributed by atoms with E-state index in [0.717, 1.165) is 18.7 Å². The molecule has 0 saturated heterocycles. The van der Waals surface area contributed by atoms with Gasteiger partial charge in [0, 0.05) is 21.8 Å². The summed E-state index contributed by atoms with van der Waals surface area (Å²) in [5, 5.41) is 2.62. The molecule has 0 bridgehead atoms. The molecular weight excluding hydrogens is 318 g/mol. The minimum absolute atomic E-state index is 0.513. The molecule has 0 aliphatic carbocycles. The number of benzene rings is 3. The summed E-state index contributed by atoms with van der Waals surface area (Å²) < 4.78 is 8.58. The fourth-order valence-electron chi connectivity index (χ4n) is 3.73. The van der Waals surface area contributed by atoms with Crippen molar-refractivity contribution in [1.29, 1.82) is 0 Å². The maximum atomic E-state index is 6.21. The SMILES string of the molecule is CC[C@@H](C)c1ccccc1OCCn1c2ccccc2c2ccccc21. The van der Waals surface area contributed by atoms with Crippen molar-refractivity contribution in [2.24, 2.45) is 0 Å². The monoisotopic (exact) mass is 343 g/mol. The molecule has 0 N–H and O–H groups in total. The molecule has 0 fully saturated rings. The van der Waals surface area contributed by atoms with E-state index in [-0.39, 0.29) is 0 Å². The summed E-state index contributed by atoms with van der Waals surface area (Å²) in [6.45, 7) is 5.98. The number of hydrogen-bond donors (Lipinski definition) is 0. The molecule has 1 aromatic heterocycles. The van der Waals surface area contributed by atoms with Gasteiger partial charge in [-0.15, -0.1) is 0 Å². The van der Waals surface area contributed by atoms with E-state index in [0.29, 0.717) is 12.5 Å². The third-order valence-electron chi connectivity index (χ3n) is 5.31. The van der Waals surface area contributed by atoms with Crippen LogP contribution in [0.5, 0.6) is 5.75 Å². The molecule has 2 nitrogen and oxygen atoms in total. The molecule has 3 aromatic carbocycles. The van der Waals surface area contributed by atoms with Gasteiger partial charge in [0.15, 0.2) is 0 Å². The standard InChI is InChI=1S/C24H25NO/c1-3-18(2)19-10-6-9-15-24(19)26-17-16-25-22-13-7-4-11-20(22)21-12-5-8-14-23(21)25/h4-15,18H,3,16-17H2,1-2H3/t18-/m1/s1. The lowest BCUT2D eigenvalue weighted by Gasteiger charge is -2.16. The largest absolute Gasteiger partial charge is 0.491 e. The average molecular weight is 343 g/mol. The topological polar surface area (TPSA) is 14.2 Å². The average Bonchev–Trinajstić information content (AvgIpc) is 3.02. The zero-order valence-corrected chi connectivity index (χ0v) is 15.5. The van der Waals surface area contributed by atoms with Crippen LogP contribution < -0.4 is 4.74 Å². The van der Waals surface area contributed by atoms with E-state index in [9.17, 15) is 0 Å². The fraction of sp³-hybridized carbons (Fsp3) is 0.250. The van der Waals surface area contributed by atoms with Gasteiger partial charge in [-0.2, -0.15) is 0 Å². The van der Waals surface area contributed by atoms with Crippen LogP contribution in [0.25, 0.3) is 21.8 Å². The van der Waals surface area contributed by atoms with Gasteiger partial charge in [-0.1, -0.05) is 68.4 Å². The third kappa shape index (κ3) is 2.96. The van der Waals surface area contributed by atoms with Crippen LogP contribution in [0, 0.1) is 0 Å². The van der Waals surface area contributed by atoms with Gasteiger partial charge in [0.2, 0.25) is 0 Å². The number of para-hydroxylation sites is 3. The van der Waals surface area contributed by atoms with E-state index < -0.39 is 0 Å². The van der Waals surface area contributed by atoms with Crippen LogP contribution in [-0.4, -0.2) is 11.2 Å². The van der Waals surface area contributed by atoms with E-state index >= 15 is 0 Å². The summed E-state index contributed by atoms with van der Waals surface area (Å²) in [6, 6.07) is 25.7. The van der Waals surface area contributed by atoms with E-state index in [1.165, 1.54) is 27.4 Å². The lowest BCUT2D eigenvalue weighted by molar-refractivity contribution is 0.297. The normalized spacial score (nSPS) is 12.5. The highest BCUT2D eigenvalue weighted by atomic mass is 16.5. The molecule has 1 atom stereocenters. The number of nitrogens with zero attached hydrogens (tertiary/aromatic N) is 1. The van der Waals surface area contributed by atoms with Crippen molar-refractivity contribution in [3.63, 3.8) is 0 Å². The van der Waals surface area contributed by atoms with Crippen molar-refractivity contribution in [3.05, 3.63) is 78.4 Å². The molecule has 0 spiro atoms. The Morgan fingerprint density at radius 3 is 2.04 bits per heavy atom. The lowest BCUT2D eigenvalue weighted by atomic mass is 9.98. The van der Waals surface area contributed by atoms with Crippen molar-refractivity contribution in [2.45, 2.75) is 32.7 Å². The minimum atomic E-state index is 0.513. The Morgan fingerprint density at radius 2 is 1.38 bits per heavy atom. The van der Waals surface area contributed by atoms with Gasteiger partial charge in [0.05, 0.1) is 6.54 Å². The highest BCUT2D eigenvalue weighted by Crippen LogP contribution is 2.30. The Balaban J connectivity index is 1.61. The number of fused-ring (bicyclic) bond motifs is 3. The molecule has 4 aromatic rings. The zero-order valence-electron chi connectivity index (χ0n) is 15.5. The third-order valence-corrected chi connectivity index (χ3v) is 5.31. The van der Waals surface area contributed by atoms with Crippen LogP contribution in [0.15, 0.2) is 72.8 Å². The summed E-state index contributed by atoms with van der Waals surface area (Å²) in [5.41, 5.74) is 3.84. The van der Waals surface area contributed by atoms with Crippen LogP contribution in [0.2, 0.25) is 0 Å². The molecule has 0 aliphatic heterocycles. The van der Waals surface area contributed by atoms with Gasteiger partial charge in [-0.05, 0) is 36.1 Å². The van der Waals surface area contributed by atoms with E-state index in [4.69, 9.17) is 4.74 Å². The molecule has 2 heteroatoms. The van der Waals surface area contributed by atoms with Gasteiger partial charge in [-0.25, -0.2) is 0 Å². The molecule has 4 rings (SSSR count). The fourth-order valence-corrected chi connectivity index (χ4v) is 3.73. The molecule has 26 heavy (non-hydrogen) atoms. The molecule has 132 valence electrons. The van der Waals surface area contributed by atoms with Crippen LogP contribution >= 0.6 is 0 Å². The quantitative estimate of drug-likeness (QED) is 0.396. The van der Waals surface area contributed by atoms with Crippen molar-refractivity contribution in [2.75, 3.05) is 6.61 Å². The molecule has 1 heterocycles. The number of rotatable bonds is 6. The second kappa shape index (κ2) is 7.25. The molecule has 0 radical (unpaired) electrons. The predicted molar refractivity (Wildman–Crippen MR) is 110 cm³/mol. The van der Waals surface area contributed by atoms with Crippen molar-refractivity contribution < 1.29 is 4.74 Å². The van der Waals surface area contributed by atoms with E-state index in [1.807, 2.05) is 0 Å². The van der Waals surface area contributed by atoms with Crippen molar-refractivity contribution >= 4 is 21.8 Å². The molecule has 0 unspecified atom stereocenters. The summed E-state index contributed by atoms with van der Waals surface area (Å²) >= 11 is 0. The predicted octanol–water partition coefficient (Wildman–Crippen LogP) is 6.39.